The van der Waals surface area contributed by atoms with E-state index in [4.69, 9.17) is 30.9 Å². The smallest absolute Gasteiger partial charge is 0.412 e. The third kappa shape index (κ3) is 10.0. The molecule has 8 nitrogen and oxygen atoms in total. The molecule has 9 heteroatoms. The van der Waals surface area contributed by atoms with Gasteiger partial charge in [-0.2, -0.15) is 0 Å². The molecule has 0 aromatic heterocycles. The summed E-state index contributed by atoms with van der Waals surface area (Å²) in [6, 6.07) is 14.2. The van der Waals surface area contributed by atoms with Crippen molar-refractivity contribution in [3.8, 4) is 5.75 Å². The molecule has 0 atom stereocenters. The first-order valence-corrected chi connectivity index (χ1v) is 11.0. The number of carbonyl (C=O) groups excluding carboxylic acids is 2. The highest BCUT2D eigenvalue weighted by molar-refractivity contribution is 6.31. The van der Waals surface area contributed by atoms with Crippen molar-refractivity contribution in [3.05, 3.63) is 59.1 Å². The van der Waals surface area contributed by atoms with E-state index in [1.165, 1.54) is 4.90 Å². The lowest BCUT2D eigenvalue weighted by Gasteiger charge is -2.23. The molecule has 0 saturated carbocycles. The molecule has 0 spiro atoms. The largest absolute Gasteiger partial charge is 0.490 e. The average Bonchev–Trinajstić information content (AvgIpc) is 2.75. The number of halogens is 1. The van der Waals surface area contributed by atoms with Gasteiger partial charge in [0.15, 0.2) is 0 Å². The molecule has 0 bridgehead atoms. The predicted octanol–water partition coefficient (Wildman–Crippen LogP) is 5.09. The normalized spacial score (nSPS) is 10.9. The number of hydrogen-bond donors (Lipinski definition) is 2. The SMILES string of the molecule is CC(C)(C)OC(=O)Nc1cc(Cl)ccc1OCCN(CCCO)C(=O)OCc1ccccc1. The van der Waals surface area contributed by atoms with Gasteiger partial charge in [-0.05, 0) is 51.0 Å². The van der Waals surface area contributed by atoms with E-state index in [0.29, 0.717) is 29.4 Å². The highest BCUT2D eigenvalue weighted by Crippen LogP contribution is 2.28. The maximum Gasteiger partial charge on any atom is 0.412 e. The lowest BCUT2D eigenvalue weighted by Crippen LogP contribution is -2.36. The standard InChI is InChI=1S/C24H31ClN2O6/c1-24(2,3)33-22(29)26-20-16-19(25)10-11-21(20)31-15-13-27(12-7-14-28)23(30)32-17-18-8-5-4-6-9-18/h4-6,8-11,16,28H,7,12-15,17H2,1-3H3,(H,26,29). The minimum absolute atomic E-state index is 0.0511. The van der Waals surface area contributed by atoms with E-state index < -0.39 is 17.8 Å². The molecular weight excluding hydrogens is 448 g/mol. The monoisotopic (exact) mass is 478 g/mol. The Morgan fingerprint density at radius 2 is 1.82 bits per heavy atom. The number of nitrogens with one attached hydrogen (secondary N) is 1. The second-order valence-corrected chi connectivity index (χ2v) is 8.66. The third-order valence-corrected chi connectivity index (χ3v) is 4.48. The van der Waals surface area contributed by atoms with E-state index in [2.05, 4.69) is 5.32 Å². The Morgan fingerprint density at radius 3 is 2.48 bits per heavy atom. The van der Waals surface area contributed by atoms with Gasteiger partial charge in [-0.1, -0.05) is 41.9 Å². The summed E-state index contributed by atoms with van der Waals surface area (Å²) in [6.45, 7) is 6.07. The third-order valence-electron chi connectivity index (χ3n) is 4.25. The maximum atomic E-state index is 12.5. The lowest BCUT2D eigenvalue weighted by molar-refractivity contribution is 0.0635. The Bertz CT molecular complexity index is 902. The van der Waals surface area contributed by atoms with E-state index in [1.54, 1.807) is 39.0 Å². The van der Waals surface area contributed by atoms with Crippen LogP contribution in [0.25, 0.3) is 0 Å². The molecular formula is C24H31ClN2O6. The van der Waals surface area contributed by atoms with Crippen LogP contribution in [0.15, 0.2) is 48.5 Å². The van der Waals surface area contributed by atoms with Crippen LogP contribution in [0.3, 0.4) is 0 Å². The Morgan fingerprint density at radius 1 is 1.09 bits per heavy atom. The summed E-state index contributed by atoms with van der Waals surface area (Å²) in [6.07, 6.45) is -0.727. The summed E-state index contributed by atoms with van der Waals surface area (Å²) in [7, 11) is 0. The molecule has 33 heavy (non-hydrogen) atoms. The molecule has 0 aliphatic heterocycles. The van der Waals surface area contributed by atoms with Crippen molar-refractivity contribution in [1.82, 2.24) is 4.90 Å². The van der Waals surface area contributed by atoms with E-state index in [9.17, 15) is 9.59 Å². The molecule has 0 aliphatic carbocycles. The summed E-state index contributed by atoms with van der Waals surface area (Å²) in [5.74, 6) is 0.380. The van der Waals surface area contributed by atoms with Gasteiger partial charge in [0.2, 0.25) is 0 Å². The van der Waals surface area contributed by atoms with Gasteiger partial charge in [-0.3, -0.25) is 5.32 Å². The fourth-order valence-corrected chi connectivity index (χ4v) is 2.94. The van der Waals surface area contributed by atoms with Crippen LogP contribution in [0.1, 0.15) is 32.8 Å². The van der Waals surface area contributed by atoms with E-state index in [1.807, 2.05) is 30.3 Å². The first-order valence-electron chi connectivity index (χ1n) is 10.7. The zero-order valence-electron chi connectivity index (χ0n) is 19.2. The van der Waals surface area contributed by atoms with E-state index in [0.717, 1.165) is 5.56 Å². The van der Waals surface area contributed by atoms with Gasteiger partial charge in [-0.15, -0.1) is 0 Å². The van der Waals surface area contributed by atoms with Crippen molar-refractivity contribution in [2.45, 2.75) is 39.4 Å². The van der Waals surface area contributed by atoms with Gasteiger partial charge in [0.1, 0.15) is 24.6 Å². The minimum Gasteiger partial charge on any atom is -0.490 e. The molecule has 0 aliphatic rings. The summed E-state index contributed by atoms with van der Waals surface area (Å²) in [5.41, 5.74) is 0.574. The molecule has 180 valence electrons. The first-order chi connectivity index (χ1) is 15.7. The van der Waals surface area contributed by atoms with Gasteiger partial charge < -0.3 is 24.2 Å². The summed E-state index contributed by atoms with van der Waals surface area (Å²) in [5, 5.41) is 12.2. The van der Waals surface area contributed by atoms with Crippen molar-refractivity contribution in [3.63, 3.8) is 0 Å². The van der Waals surface area contributed by atoms with Crippen LogP contribution in [-0.4, -0.2) is 54.1 Å². The van der Waals surface area contributed by atoms with Gasteiger partial charge in [0, 0.05) is 18.2 Å². The van der Waals surface area contributed by atoms with E-state index in [-0.39, 0.29) is 26.4 Å². The van der Waals surface area contributed by atoms with Crippen LogP contribution < -0.4 is 10.1 Å². The number of ether oxygens (including phenoxy) is 3. The van der Waals surface area contributed by atoms with Crippen LogP contribution in [0.4, 0.5) is 15.3 Å². The molecule has 0 fully saturated rings. The van der Waals surface area contributed by atoms with Crippen molar-refractivity contribution in [2.24, 2.45) is 0 Å². The second-order valence-electron chi connectivity index (χ2n) is 8.22. The Kier molecular flexibility index (Phi) is 10.3. The van der Waals surface area contributed by atoms with Gasteiger partial charge in [0.25, 0.3) is 0 Å². The molecule has 2 rings (SSSR count). The van der Waals surface area contributed by atoms with Crippen LogP contribution in [0.2, 0.25) is 5.02 Å². The number of carbonyl (C=O) groups is 2. The number of amides is 2. The number of anilines is 1. The number of aliphatic hydroxyl groups is 1. The molecule has 0 heterocycles. The number of rotatable bonds is 10. The topological polar surface area (TPSA) is 97.3 Å². The number of nitrogens with zero attached hydrogens (tertiary/aromatic N) is 1. The quantitative estimate of drug-likeness (QED) is 0.493. The zero-order valence-corrected chi connectivity index (χ0v) is 19.9. The average molecular weight is 479 g/mol. The van der Waals surface area contributed by atoms with Crippen LogP contribution in [-0.2, 0) is 16.1 Å². The van der Waals surface area contributed by atoms with E-state index >= 15 is 0 Å². The Labute approximate surface area is 199 Å². The first kappa shape index (κ1) is 26.3. The van der Waals surface area contributed by atoms with Gasteiger partial charge in [-0.25, -0.2) is 9.59 Å². The van der Waals surface area contributed by atoms with Crippen molar-refractivity contribution >= 4 is 29.5 Å². The number of hydrogen-bond acceptors (Lipinski definition) is 6. The molecule has 2 aromatic carbocycles. The maximum absolute atomic E-state index is 12.5. The Balaban J connectivity index is 1.96. The molecule has 2 N–H and O–H groups in total. The highest BCUT2D eigenvalue weighted by atomic mass is 35.5. The molecule has 2 aromatic rings. The fourth-order valence-electron chi connectivity index (χ4n) is 2.77. The van der Waals surface area contributed by atoms with Crippen molar-refractivity contribution < 1.29 is 28.9 Å². The summed E-state index contributed by atoms with van der Waals surface area (Å²) < 4.78 is 16.5. The highest BCUT2D eigenvalue weighted by Gasteiger charge is 2.19. The van der Waals surface area contributed by atoms with Gasteiger partial charge in [0.05, 0.1) is 12.2 Å². The van der Waals surface area contributed by atoms with Crippen LogP contribution in [0.5, 0.6) is 5.75 Å². The minimum atomic E-state index is -0.656. The molecule has 0 unspecified atom stereocenters. The summed E-state index contributed by atoms with van der Waals surface area (Å²) in [4.78, 5) is 26.1. The molecule has 0 saturated heterocycles. The summed E-state index contributed by atoms with van der Waals surface area (Å²) >= 11 is 6.06. The molecule has 0 radical (unpaired) electrons. The van der Waals surface area contributed by atoms with Crippen LogP contribution in [0, 0.1) is 0 Å². The Hall–Kier alpha value is -2.97. The number of benzene rings is 2. The van der Waals surface area contributed by atoms with Crippen molar-refractivity contribution in [1.29, 1.82) is 0 Å². The lowest BCUT2D eigenvalue weighted by atomic mass is 10.2. The fraction of sp³-hybridized carbons (Fsp3) is 0.417. The second kappa shape index (κ2) is 12.9. The molecule has 2 amide bonds. The predicted molar refractivity (Wildman–Crippen MR) is 127 cm³/mol. The number of aliphatic hydroxyl groups excluding tert-OH is 1. The zero-order chi connectivity index (χ0) is 24.3. The van der Waals surface area contributed by atoms with Crippen molar-refractivity contribution in [2.75, 3.05) is 31.6 Å². The van der Waals surface area contributed by atoms with Gasteiger partial charge >= 0.3 is 12.2 Å². The van der Waals surface area contributed by atoms with Crippen LogP contribution >= 0.6 is 11.6 Å².